The molecule has 0 radical (unpaired) electrons. The van der Waals surface area contributed by atoms with Crippen molar-refractivity contribution in [2.24, 2.45) is 11.3 Å². The van der Waals surface area contributed by atoms with Crippen molar-refractivity contribution in [1.29, 1.82) is 0 Å². The third-order valence-corrected chi connectivity index (χ3v) is 3.64. The van der Waals surface area contributed by atoms with Gasteiger partial charge in [0.2, 0.25) is 0 Å². The lowest BCUT2D eigenvalue weighted by atomic mass is 9.68. The van der Waals surface area contributed by atoms with Crippen molar-refractivity contribution in [3.63, 3.8) is 0 Å². The molecule has 0 bridgehead atoms. The van der Waals surface area contributed by atoms with E-state index in [1.165, 1.54) is 0 Å². The fraction of sp³-hybridized carbons (Fsp3) is 0.900. The van der Waals surface area contributed by atoms with Crippen LogP contribution in [-0.4, -0.2) is 35.5 Å². The predicted octanol–water partition coefficient (Wildman–Crippen LogP) is 0.0730. The van der Waals surface area contributed by atoms with Crippen molar-refractivity contribution >= 4 is 5.97 Å². The van der Waals surface area contributed by atoms with Crippen LogP contribution in [0, 0.1) is 11.3 Å². The van der Waals surface area contributed by atoms with E-state index < -0.39 is 11.5 Å². The second kappa shape index (κ2) is 3.51. The number of cyclic esters (lactones) is 1. The summed E-state index contributed by atoms with van der Waals surface area (Å²) in [4.78, 5) is 11.5. The van der Waals surface area contributed by atoms with Crippen LogP contribution in [0.25, 0.3) is 0 Å². The summed E-state index contributed by atoms with van der Waals surface area (Å²) >= 11 is 0. The zero-order valence-electron chi connectivity index (χ0n) is 8.11. The molecular weight excluding hydrogens is 184 g/mol. The fourth-order valence-corrected chi connectivity index (χ4v) is 2.55. The zero-order chi connectivity index (χ0) is 10.2. The Morgan fingerprint density at radius 2 is 2.29 bits per heavy atom. The monoisotopic (exact) mass is 200 g/mol. The zero-order valence-corrected chi connectivity index (χ0v) is 8.11. The summed E-state index contributed by atoms with van der Waals surface area (Å²) in [5.41, 5.74) is -0.647. The number of aliphatic hydroxyl groups is 2. The molecule has 1 spiro atoms. The van der Waals surface area contributed by atoms with Gasteiger partial charge in [-0.1, -0.05) is 0 Å². The first-order chi connectivity index (χ1) is 6.69. The van der Waals surface area contributed by atoms with Gasteiger partial charge in [0.15, 0.2) is 0 Å². The highest BCUT2D eigenvalue weighted by Gasteiger charge is 2.52. The quantitative estimate of drug-likeness (QED) is 0.588. The van der Waals surface area contributed by atoms with Crippen molar-refractivity contribution in [1.82, 2.24) is 0 Å². The molecule has 1 saturated carbocycles. The fourth-order valence-electron chi connectivity index (χ4n) is 2.55. The van der Waals surface area contributed by atoms with Crippen LogP contribution in [0.5, 0.6) is 0 Å². The first kappa shape index (κ1) is 9.93. The third-order valence-electron chi connectivity index (χ3n) is 3.64. The number of carbonyl (C=O) groups is 1. The van der Waals surface area contributed by atoms with Crippen molar-refractivity contribution in [2.45, 2.75) is 31.8 Å². The molecule has 0 aromatic carbocycles. The van der Waals surface area contributed by atoms with Crippen LogP contribution in [0.2, 0.25) is 0 Å². The molecule has 0 amide bonds. The van der Waals surface area contributed by atoms with Gasteiger partial charge in [-0.15, -0.1) is 0 Å². The minimum atomic E-state index is -0.647. The van der Waals surface area contributed by atoms with Gasteiger partial charge in [-0.3, -0.25) is 4.79 Å². The van der Waals surface area contributed by atoms with Crippen molar-refractivity contribution in [2.75, 3.05) is 13.2 Å². The number of ether oxygens (including phenoxy) is 1. The molecule has 2 N–H and O–H groups in total. The summed E-state index contributed by atoms with van der Waals surface area (Å²) in [5, 5.41) is 18.9. The van der Waals surface area contributed by atoms with Crippen LogP contribution in [0.1, 0.15) is 25.7 Å². The minimum absolute atomic E-state index is 0.0994. The molecule has 2 rings (SSSR count). The highest BCUT2D eigenvalue weighted by Crippen LogP contribution is 2.45. The van der Waals surface area contributed by atoms with Crippen LogP contribution in [0.4, 0.5) is 0 Å². The Hall–Kier alpha value is -0.610. The highest BCUT2D eigenvalue weighted by molar-refractivity contribution is 5.79. The van der Waals surface area contributed by atoms with E-state index in [9.17, 15) is 9.90 Å². The summed E-state index contributed by atoms with van der Waals surface area (Å²) in [5.74, 6) is -0.106. The molecule has 3 atom stereocenters. The normalized spacial score (nSPS) is 42.9. The SMILES string of the molecule is O=C1OCC[C@@]12CC[C@@H](CO)C[C@H]2O. The van der Waals surface area contributed by atoms with Gasteiger partial charge in [0.1, 0.15) is 0 Å². The second-order valence-electron chi connectivity index (χ2n) is 4.38. The van der Waals surface area contributed by atoms with Gasteiger partial charge in [-0.25, -0.2) is 0 Å². The van der Waals surface area contributed by atoms with Crippen LogP contribution < -0.4 is 0 Å². The van der Waals surface area contributed by atoms with E-state index in [0.29, 0.717) is 25.9 Å². The van der Waals surface area contributed by atoms with Crippen molar-refractivity contribution in [3.05, 3.63) is 0 Å². The average Bonchev–Trinajstić information content (AvgIpc) is 2.54. The molecule has 14 heavy (non-hydrogen) atoms. The van der Waals surface area contributed by atoms with E-state index in [2.05, 4.69) is 0 Å². The topological polar surface area (TPSA) is 66.8 Å². The third kappa shape index (κ3) is 1.33. The standard InChI is InChI=1S/C10H16O4/c11-6-7-1-2-10(8(12)5-7)3-4-14-9(10)13/h7-8,11-12H,1-6H2/t7-,8-,10-/m1/s1. The molecule has 0 aromatic heterocycles. The smallest absolute Gasteiger partial charge is 0.314 e. The lowest BCUT2D eigenvalue weighted by Gasteiger charge is -2.37. The van der Waals surface area contributed by atoms with Gasteiger partial charge in [0.05, 0.1) is 18.1 Å². The molecule has 1 saturated heterocycles. The Kier molecular flexibility index (Phi) is 2.49. The first-order valence-corrected chi connectivity index (χ1v) is 5.15. The molecule has 4 nitrogen and oxygen atoms in total. The molecule has 1 aliphatic carbocycles. The van der Waals surface area contributed by atoms with E-state index in [1.807, 2.05) is 0 Å². The summed E-state index contributed by atoms with van der Waals surface area (Å²) < 4.78 is 4.92. The van der Waals surface area contributed by atoms with E-state index in [0.717, 1.165) is 6.42 Å². The Morgan fingerprint density at radius 1 is 1.50 bits per heavy atom. The van der Waals surface area contributed by atoms with Gasteiger partial charge < -0.3 is 14.9 Å². The second-order valence-corrected chi connectivity index (χ2v) is 4.38. The summed E-state index contributed by atoms with van der Waals surface area (Å²) in [6.07, 6.45) is 1.97. The number of rotatable bonds is 1. The number of hydrogen-bond acceptors (Lipinski definition) is 4. The maximum absolute atomic E-state index is 11.5. The minimum Gasteiger partial charge on any atom is -0.465 e. The molecule has 2 aliphatic rings. The molecule has 0 unspecified atom stereocenters. The lowest BCUT2D eigenvalue weighted by Crippen LogP contribution is -2.44. The molecule has 2 fully saturated rings. The highest BCUT2D eigenvalue weighted by atomic mass is 16.5. The Balaban J connectivity index is 2.11. The molecule has 4 heteroatoms. The van der Waals surface area contributed by atoms with E-state index in [-0.39, 0.29) is 18.5 Å². The molecule has 1 heterocycles. The number of esters is 1. The first-order valence-electron chi connectivity index (χ1n) is 5.15. The lowest BCUT2D eigenvalue weighted by molar-refractivity contribution is -0.156. The van der Waals surface area contributed by atoms with E-state index in [1.54, 1.807) is 0 Å². The average molecular weight is 200 g/mol. The van der Waals surface area contributed by atoms with Crippen LogP contribution in [0.3, 0.4) is 0 Å². The van der Waals surface area contributed by atoms with Crippen molar-refractivity contribution in [3.8, 4) is 0 Å². The van der Waals surface area contributed by atoms with Gasteiger partial charge in [0, 0.05) is 13.0 Å². The van der Waals surface area contributed by atoms with Gasteiger partial charge in [0.25, 0.3) is 0 Å². The largest absolute Gasteiger partial charge is 0.465 e. The Labute approximate surface area is 82.9 Å². The van der Waals surface area contributed by atoms with Crippen molar-refractivity contribution < 1.29 is 19.7 Å². The predicted molar refractivity (Wildman–Crippen MR) is 48.4 cm³/mol. The summed E-state index contributed by atoms with van der Waals surface area (Å²) in [6, 6.07) is 0. The molecule has 1 aliphatic heterocycles. The number of carbonyl (C=O) groups excluding carboxylic acids is 1. The van der Waals surface area contributed by atoms with Gasteiger partial charge in [-0.05, 0) is 25.2 Å². The maximum Gasteiger partial charge on any atom is 0.314 e. The van der Waals surface area contributed by atoms with E-state index >= 15 is 0 Å². The Morgan fingerprint density at radius 3 is 2.79 bits per heavy atom. The van der Waals surface area contributed by atoms with Gasteiger partial charge in [-0.2, -0.15) is 0 Å². The number of aliphatic hydroxyl groups excluding tert-OH is 2. The molecular formula is C10H16O4. The molecule has 80 valence electrons. The Bertz CT molecular complexity index is 240. The van der Waals surface area contributed by atoms with Crippen LogP contribution in [-0.2, 0) is 9.53 Å². The molecule has 0 aromatic rings. The maximum atomic E-state index is 11.5. The number of hydrogen-bond donors (Lipinski definition) is 2. The summed E-state index contributed by atoms with van der Waals surface area (Å²) in [6.45, 7) is 0.530. The summed E-state index contributed by atoms with van der Waals surface area (Å²) in [7, 11) is 0. The van der Waals surface area contributed by atoms with E-state index in [4.69, 9.17) is 9.84 Å². The van der Waals surface area contributed by atoms with Crippen LogP contribution >= 0.6 is 0 Å². The van der Waals surface area contributed by atoms with Crippen LogP contribution in [0.15, 0.2) is 0 Å². The van der Waals surface area contributed by atoms with Gasteiger partial charge >= 0.3 is 5.97 Å².